The molecule has 0 aliphatic heterocycles. The van der Waals surface area contributed by atoms with E-state index in [-0.39, 0.29) is 0 Å². The van der Waals surface area contributed by atoms with Gasteiger partial charge in [-0.25, -0.2) is 15.0 Å². The van der Waals surface area contributed by atoms with Crippen molar-refractivity contribution in [1.82, 2.24) is 19.9 Å². The second kappa shape index (κ2) is 4.80. The maximum absolute atomic E-state index is 5.16. The van der Waals surface area contributed by atoms with Crippen molar-refractivity contribution in [2.45, 2.75) is 13.3 Å². The van der Waals surface area contributed by atoms with Crippen LogP contribution in [0.25, 0.3) is 11.6 Å². The average molecular weight is 297 g/mol. The van der Waals surface area contributed by atoms with Crippen molar-refractivity contribution >= 4 is 28.1 Å². The van der Waals surface area contributed by atoms with E-state index in [9.17, 15) is 0 Å². The molecule has 2 rings (SSSR count). The van der Waals surface area contributed by atoms with E-state index in [2.05, 4.69) is 35.9 Å². The van der Waals surface area contributed by atoms with Gasteiger partial charge in [-0.2, -0.15) is 0 Å². The fourth-order valence-electron chi connectivity index (χ4n) is 1.28. The standard InChI is InChI=1S/C10H9BrN4S/c1-2-6-7(11)10(16)15-9(14-6)8-12-4-3-5-13-8/h3-5H,2H2,1H3,(H,14,15,16). The first kappa shape index (κ1) is 11.3. The highest BCUT2D eigenvalue weighted by atomic mass is 79.9. The molecule has 16 heavy (non-hydrogen) atoms. The Kier molecular flexibility index (Phi) is 3.40. The number of aryl methyl sites for hydroxylation is 1. The fourth-order valence-corrected chi connectivity index (χ4v) is 1.96. The van der Waals surface area contributed by atoms with Gasteiger partial charge < -0.3 is 4.98 Å². The molecule has 0 aliphatic rings. The predicted octanol–water partition coefficient (Wildman–Crippen LogP) is 2.92. The van der Waals surface area contributed by atoms with E-state index >= 15 is 0 Å². The molecule has 0 spiro atoms. The van der Waals surface area contributed by atoms with Crippen LogP contribution in [0, 0.1) is 4.64 Å². The molecule has 0 unspecified atom stereocenters. The van der Waals surface area contributed by atoms with Crippen molar-refractivity contribution in [1.29, 1.82) is 0 Å². The summed E-state index contributed by atoms with van der Waals surface area (Å²) in [7, 11) is 0. The summed E-state index contributed by atoms with van der Waals surface area (Å²) in [6.07, 6.45) is 4.19. The molecule has 2 heterocycles. The lowest BCUT2D eigenvalue weighted by Crippen LogP contribution is -1.99. The van der Waals surface area contributed by atoms with Crippen molar-refractivity contribution in [2.24, 2.45) is 0 Å². The van der Waals surface area contributed by atoms with E-state index in [1.807, 2.05) is 6.92 Å². The number of hydrogen-bond donors (Lipinski definition) is 1. The summed E-state index contributed by atoms with van der Waals surface area (Å²) >= 11 is 8.57. The molecule has 0 bridgehead atoms. The van der Waals surface area contributed by atoms with Gasteiger partial charge in [0.15, 0.2) is 11.6 Å². The fraction of sp³-hybridized carbons (Fsp3) is 0.200. The van der Waals surface area contributed by atoms with Crippen molar-refractivity contribution in [3.05, 3.63) is 33.3 Å². The molecule has 2 aromatic heterocycles. The van der Waals surface area contributed by atoms with E-state index in [4.69, 9.17) is 12.2 Å². The van der Waals surface area contributed by atoms with Crippen LogP contribution in [0.5, 0.6) is 0 Å². The SMILES string of the molecule is CCc1[nH]c(-c2ncccn2)nc(=S)c1Br. The summed E-state index contributed by atoms with van der Waals surface area (Å²) < 4.78 is 1.36. The third-order valence-corrected chi connectivity index (χ3v) is 3.48. The summed E-state index contributed by atoms with van der Waals surface area (Å²) in [4.78, 5) is 15.7. The lowest BCUT2D eigenvalue weighted by Gasteiger charge is -2.05. The minimum atomic E-state index is 0.526. The predicted molar refractivity (Wildman–Crippen MR) is 67.5 cm³/mol. The van der Waals surface area contributed by atoms with Gasteiger partial charge in [-0.3, -0.25) is 0 Å². The van der Waals surface area contributed by atoms with Crippen LogP contribution in [0.15, 0.2) is 22.9 Å². The molecule has 0 aliphatic carbocycles. The quantitative estimate of drug-likeness (QED) is 0.866. The topological polar surface area (TPSA) is 54.5 Å². The number of halogens is 1. The first-order chi connectivity index (χ1) is 7.72. The molecule has 0 saturated heterocycles. The van der Waals surface area contributed by atoms with Gasteiger partial charge in [0.2, 0.25) is 0 Å². The van der Waals surface area contributed by atoms with Crippen molar-refractivity contribution < 1.29 is 0 Å². The van der Waals surface area contributed by atoms with Gasteiger partial charge in [-0.15, -0.1) is 0 Å². The van der Waals surface area contributed by atoms with Crippen molar-refractivity contribution in [3.8, 4) is 11.6 Å². The van der Waals surface area contributed by atoms with Crippen LogP contribution in [0.2, 0.25) is 0 Å². The number of H-pyrrole nitrogens is 1. The summed E-state index contributed by atoms with van der Waals surface area (Å²) in [6.45, 7) is 2.04. The van der Waals surface area contributed by atoms with Gasteiger partial charge in [0.05, 0.1) is 4.47 Å². The molecule has 6 heteroatoms. The Morgan fingerprint density at radius 1 is 1.38 bits per heavy atom. The first-order valence-electron chi connectivity index (χ1n) is 4.78. The van der Waals surface area contributed by atoms with Crippen molar-refractivity contribution in [2.75, 3.05) is 0 Å². The smallest absolute Gasteiger partial charge is 0.195 e. The van der Waals surface area contributed by atoms with E-state index in [0.717, 1.165) is 16.6 Å². The zero-order chi connectivity index (χ0) is 11.5. The van der Waals surface area contributed by atoms with Gasteiger partial charge in [-0.1, -0.05) is 19.1 Å². The normalized spacial score (nSPS) is 10.4. The number of aromatic nitrogens is 4. The molecular weight excluding hydrogens is 288 g/mol. The molecule has 0 amide bonds. The Labute approximate surface area is 106 Å². The summed E-state index contributed by atoms with van der Waals surface area (Å²) in [5, 5.41) is 0. The zero-order valence-corrected chi connectivity index (χ0v) is 11.0. The van der Waals surface area contributed by atoms with Crippen LogP contribution in [-0.4, -0.2) is 19.9 Å². The van der Waals surface area contributed by atoms with Crippen LogP contribution in [0.1, 0.15) is 12.6 Å². The lowest BCUT2D eigenvalue weighted by molar-refractivity contribution is 0.965. The Morgan fingerprint density at radius 2 is 2.06 bits per heavy atom. The van der Waals surface area contributed by atoms with E-state index in [0.29, 0.717) is 16.3 Å². The summed E-state index contributed by atoms with van der Waals surface area (Å²) in [6, 6.07) is 1.76. The van der Waals surface area contributed by atoms with Crippen LogP contribution in [0.4, 0.5) is 0 Å². The van der Waals surface area contributed by atoms with Gasteiger partial charge in [-0.05, 0) is 28.4 Å². The van der Waals surface area contributed by atoms with Crippen LogP contribution in [-0.2, 0) is 6.42 Å². The highest BCUT2D eigenvalue weighted by Crippen LogP contribution is 2.19. The molecular formula is C10H9BrN4S. The third kappa shape index (κ3) is 2.17. The highest BCUT2D eigenvalue weighted by Gasteiger charge is 2.07. The molecule has 0 atom stereocenters. The molecule has 0 saturated carbocycles. The number of hydrogen-bond acceptors (Lipinski definition) is 4. The van der Waals surface area contributed by atoms with Gasteiger partial charge in [0.25, 0.3) is 0 Å². The summed E-state index contributed by atoms with van der Waals surface area (Å²) in [5.41, 5.74) is 1.00. The Hall–Kier alpha value is -1.14. The van der Waals surface area contributed by atoms with E-state index in [1.54, 1.807) is 18.5 Å². The van der Waals surface area contributed by atoms with E-state index < -0.39 is 0 Å². The Bertz CT molecular complexity index is 552. The number of rotatable bonds is 2. The van der Waals surface area contributed by atoms with Crippen LogP contribution >= 0.6 is 28.1 Å². The van der Waals surface area contributed by atoms with Crippen LogP contribution in [0.3, 0.4) is 0 Å². The Morgan fingerprint density at radius 3 is 2.69 bits per heavy atom. The molecule has 2 aromatic rings. The second-order valence-electron chi connectivity index (χ2n) is 3.11. The first-order valence-corrected chi connectivity index (χ1v) is 5.98. The number of nitrogens with zero attached hydrogens (tertiary/aromatic N) is 3. The minimum Gasteiger partial charge on any atom is -0.339 e. The summed E-state index contributed by atoms with van der Waals surface area (Å²) in [5.74, 6) is 1.15. The molecule has 0 radical (unpaired) electrons. The number of nitrogens with one attached hydrogen (secondary N) is 1. The number of aromatic amines is 1. The van der Waals surface area contributed by atoms with E-state index in [1.165, 1.54) is 0 Å². The molecule has 0 aromatic carbocycles. The van der Waals surface area contributed by atoms with Gasteiger partial charge in [0, 0.05) is 18.1 Å². The van der Waals surface area contributed by atoms with Gasteiger partial charge in [0.1, 0.15) is 4.64 Å². The Balaban J connectivity index is 2.60. The second-order valence-corrected chi connectivity index (χ2v) is 4.29. The van der Waals surface area contributed by atoms with Crippen LogP contribution < -0.4 is 0 Å². The highest BCUT2D eigenvalue weighted by molar-refractivity contribution is 9.10. The third-order valence-electron chi connectivity index (χ3n) is 2.07. The maximum Gasteiger partial charge on any atom is 0.195 e. The monoisotopic (exact) mass is 296 g/mol. The molecule has 1 N–H and O–H groups in total. The van der Waals surface area contributed by atoms with Gasteiger partial charge >= 0.3 is 0 Å². The average Bonchev–Trinajstić information content (AvgIpc) is 2.33. The minimum absolute atomic E-state index is 0.526. The maximum atomic E-state index is 5.16. The lowest BCUT2D eigenvalue weighted by atomic mass is 10.3. The molecule has 4 nitrogen and oxygen atoms in total. The van der Waals surface area contributed by atoms with Crippen molar-refractivity contribution in [3.63, 3.8) is 0 Å². The largest absolute Gasteiger partial charge is 0.339 e. The zero-order valence-electron chi connectivity index (χ0n) is 8.57. The molecule has 82 valence electrons. The molecule has 0 fully saturated rings.